The van der Waals surface area contributed by atoms with Crippen molar-refractivity contribution >= 4 is 22.7 Å². The van der Waals surface area contributed by atoms with E-state index >= 15 is 0 Å². The fraction of sp³-hybridized carbons (Fsp3) is 0. The Labute approximate surface area is 69.8 Å². The summed E-state index contributed by atoms with van der Waals surface area (Å²) in [4.78, 5) is 4.35. The molecule has 55 valence electrons. The average Bonchev–Trinajstić information content (AvgIpc) is 2.50. The molecule has 0 saturated carbocycles. The molecule has 0 unspecified atom stereocenters. The van der Waals surface area contributed by atoms with Crippen LogP contribution in [0.5, 0.6) is 0 Å². The highest BCUT2D eigenvalue weighted by Gasteiger charge is 1.94. The van der Waals surface area contributed by atoms with Crippen LogP contribution in [0.2, 0.25) is 0 Å². The molecule has 0 bridgehead atoms. The number of H-pyrrole nitrogens is 1. The summed E-state index contributed by atoms with van der Waals surface area (Å²) in [5, 5.41) is 1.25. The molecule has 1 aromatic carbocycles. The van der Waals surface area contributed by atoms with E-state index in [1.54, 1.807) is 0 Å². The van der Waals surface area contributed by atoms with E-state index in [1.807, 2.05) is 6.20 Å². The molecule has 1 radical (unpaired) electrons. The minimum Gasteiger partial charge on any atom is -0.361 e. The molecule has 0 atom stereocenters. The van der Waals surface area contributed by atoms with Crippen molar-refractivity contribution in [1.29, 1.82) is 0 Å². The van der Waals surface area contributed by atoms with Gasteiger partial charge in [0.2, 0.25) is 0 Å². The predicted molar refractivity (Wildman–Crippen MR) is 49.5 cm³/mol. The molecule has 0 aliphatic heterocycles. The minimum absolute atomic E-state index is 1.18. The summed E-state index contributed by atoms with van der Waals surface area (Å²) in [7, 11) is 0. The third kappa shape index (κ3) is 1.14. The lowest BCUT2D eigenvalue weighted by molar-refractivity contribution is 1.43. The van der Waals surface area contributed by atoms with Gasteiger partial charge in [-0.15, -0.1) is 11.8 Å². The van der Waals surface area contributed by atoms with Gasteiger partial charge in [0.25, 0.3) is 0 Å². The van der Waals surface area contributed by atoms with Crippen molar-refractivity contribution in [3.63, 3.8) is 0 Å². The van der Waals surface area contributed by atoms with Gasteiger partial charge in [-0.3, -0.25) is 0 Å². The van der Waals surface area contributed by atoms with Crippen molar-refractivity contribution in [3.8, 4) is 0 Å². The molecule has 1 aromatic heterocycles. The second kappa shape index (κ2) is 2.62. The van der Waals surface area contributed by atoms with E-state index in [4.69, 9.17) is 0 Å². The normalized spacial score (nSPS) is 10.6. The van der Waals surface area contributed by atoms with Crippen molar-refractivity contribution in [3.05, 3.63) is 36.7 Å². The molecule has 0 aliphatic carbocycles. The molecule has 2 rings (SSSR count). The second-order valence-corrected chi connectivity index (χ2v) is 3.13. The summed E-state index contributed by atoms with van der Waals surface area (Å²) in [6.45, 7) is 0. The number of fused-ring (bicyclic) bond motifs is 1. The van der Waals surface area contributed by atoms with Gasteiger partial charge < -0.3 is 4.98 Å². The third-order valence-corrected chi connectivity index (χ3v) is 2.28. The average molecular weight is 162 g/mol. The van der Waals surface area contributed by atoms with Gasteiger partial charge in [0.05, 0.1) is 0 Å². The van der Waals surface area contributed by atoms with Gasteiger partial charge in [0.15, 0.2) is 0 Å². The van der Waals surface area contributed by atoms with Crippen LogP contribution in [0.4, 0.5) is 0 Å². The molecule has 2 aromatic rings. The maximum atomic E-state index is 3.75. The fourth-order valence-electron chi connectivity index (χ4n) is 1.12. The van der Waals surface area contributed by atoms with Crippen LogP contribution in [-0.2, 0) is 0 Å². The molecule has 1 nitrogen and oxygen atoms in total. The first kappa shape index (κ1) is 6.80. The van der Waals surface area contributed by atoms with E-state index in [9.17, 15) is 0 Å². The number of hydrogen-bond donors (Lipinski definition) is 1. The monoisotopic (exact) mass is 162 g/mol. The van der Waals surface area contributed by atoms with Crippen molar-refractivity contribution < 1.29 is 0 Å². The van der Waals surface area contributed by atoms with Gasteiger partial charge >= 0.3 is 0 Å². The van der Waals surface area contributed by atoms with Gasteiger partial charge in [-0.25, -0.2) is 0 Å². The second-order valence-electron chi connectivity index (χ2n) is 2.37. The Hall–Kier alpha value is -0.890. The van der Waals surface area contributed by atoms with Crippen LogP contribution in [0, 0.1) is 6.26 Å². The highest BCUT2D eigenvalue weighted by atomic mass is 32.2. The Morgan fingerprint density at radius 3 is 3.00 bits per heavy atom. The molecule has 0 fully saturated rings. The van der Waals surface area contributed by atoms with E-state index in [-0.39, 0.29) is 0 Å². The zero-order chi connectivity index (χ0) is 7.68. The van der Waals surface area contributed by atoms with Crippen LogP contribution >= 0.6 is 11.8 Å². The first-order valence-corrected chi connectivity index (χ1v) is 4.38. The largest absolute Gasteiger partial charge is 0.361 e. The molecule has 2 heteroatoms. The Morgan fingerprint density at radius 1 is 1.27 bits per heavy atom. The van der Waals surface area contributed by atoms with Crippen LogP contribution in [0.3, 0.4) is 0 Å². The number of thioether (sulfide) groups is 1. The summed E-state index contributed by atoms with van der Waals surface area (Å²) < 4.78 is 0. The summed E-state index contributed by atoms with van der Waals surface area (Å²) >= 11 is 1.52. The number of hydrogen-bond acceptors (Lipinski definition) is 1. The lowest BCUT2D eigenvalue weighted by Gasteiger charge is -1.94. The SMILES string of the molecule is [CH2]Sc1ccc2cc[nH]c2c1. The summed E-state index contributed by atoms with van der Waals surface area (Å²) in [6.07, 6.45) is 5.70. The van der Waals surface area contributed by atoms with Crippen LogP contribution in [-0.4, -0.2) is 4.98 Å². The third-order valence-electron chi connectivity index (χ3n) is 1.69. The van der Waals surface area contributed by atoms with Crippen molar-refractivity contribution in [2.45, 2.75) is 4.90 Å². The standard InChI is InChI=1S/C9H8NS/c1-11-8-3-2-7-4-5-10-9(7)6-8/h2-6,10H,1H2. The molecule has 1 N–H and O–H groups in total. The van der Waals surface area contributed by atoms with Crippen molar-refractivity contribution in [2.75, 3.05) is 0 Å². The first-order valence-electron chi connectivity index (χ1n) is 3.39. The molecule has 0 aliphatic rings. The number of benzene rings is 1. The Kier molecular flexibility index (Phi) is 1.62. The molecule has 11 heavy (non-hydrogen) atoms. The first-order chi connectivity index (χ1) is 5.40. The lowest BCUT2D eigenvalue weighted by Crippen LogP contribution is -1.69. The summed E-state index contributed by atoms with van der Waals surface area (Å²) in [6, 6.07) is 8.34. The highest BCUT2D eigenvalue weighted by molar-refractivity contribution is 8.00. The summed E-state index contributed by atoms with van der Waals surface area (Å²) in [5.74, 6) is 0. The smallest absolute Gasteiger partial charge is 0.0465 e. The van der Waals surface area contributed by atoms with E-state index in [1.165, 1.54) is 27.6 Å². The molecule has 0 saturated heterocycles. The lowest BCUT2D eigenvalue weighted by atomic mass is 10.2. The number of rotatable bonds is 1. The Morgan fingerprint density at radius 2 is 2.18 bits per heavy atom. The zero-order valence-electron chi connectivity index (χ0n) is 6.00. The Bertz CT molecular complexity index is 364. The maximum absolute atomic E-state index is 3.75. The predicted octanol–water partition coefficient (Wildman–Crippen LogP) is 3.05. The van der Waals surface area contributed by atoms with E-state index < -0.39 is 0 Å². The number of nitrogens with one attached hydrogen (secondary N) is 1. The number of aromatic amines is 1. The Balaban J connectivity index is 2.67. The molecular weight excluding hydrogens is 154 g/mol. The topological polar surface area (TPSA) is 15.8 Å². The van der Waals surface area contributed by atoms with Gasteiger partial charge in [0, 0.05) is 22.9 Å². The molecular formula is C9H8NS. The number of aromatic nitrogens is 1. The molecule has 0 amide bonds. The molecule has 1 heterocycles. The molecule has 0 spiro atoms. The van der Waals surface area contributed by atoms with Crippen LogP contribution in [0.25, 0.3) is 10.9 Å². The van der Waals surface area contributed by atoms with Crippen LogP contribution in [0.15, 0.2) is 35.4 Å². The summed E-state index contributed by atoms with van der Waals surface area (Å²) in [5.41, 5.74) is 1.18. The fourth-order valence-corrected chi connectivity index (χ4v) is 1.48. The van der Waals surface area contributed by atoms with Gasteiger partial charge in [-0.2, -0.15) is 0 Å². The van der Waals surface area contributed by atoms with E-state index in [2.05, 4.69) is 35.5 Å². The highest BCUT2D eigenvalue weighted by Crippen LogP contribution is 2.21. The van der Waals surface area contributed by atoms with Gasteiger partial charge in [0.1, 0.15) is 0 Å². The maximum Gasteiger partial charge on any atom is 0.0465 e. The van der Waals surface area contributed by atoms with Gasteiger partial charge in [-0.1, -0.05) is 6.07 Å². The van der Waals surface area contributed by atoms with E-state index in [0.29, 0.717) is 0 Å². The van der Waals surface area contributed by atoms with E-state index in [0.717, 1.165) is 0 Å². The van der Waals surface area contributed by atoms with Gasteiger partial charge in [-0.05, 0) is 23.6 Å². The van der Waals surface area contributed by atoms with Crippen LogP contribution < -0.4 is 0 Å². The van der Waals surface area contributed by atoms with Crippen LogP contribution in [0.1, 0.15) is 0 Å². The minimum atomic E-state index is 1.18. The van der Waals surface area contributed by atoms with Crippen molar-refractivity contribution in [1.82, 2.24) is 4.98 Å². The quantitative estimate of drug-likeness (QED) is 0.637. The van der Waals surface area contributed by atoms with Crippen molar-refractivity contribution in [2.24, 2.45) is 0 Å². The zero-order valence-corrected chi connectivity index (χ0v) is 6.82.